The summed E-state index contributed by atoms with van der Waals surface area (Å²) in [6, 6.07) is 5.66. The van der Waals surface area contributed by atoms with E-state index in [4.69, 9.17) is 5.84 Å². The molecule has 0 saturated heterocycles. The van der Waals surface area contributed by atoms with Crippen LogP contribution in [0, 0.1) is 6.92 Å². The predicted octanol–water partition coefficient (Wildman–Crippen LogP) is 0.610. The summed E-state index contributed by atoms with van der Waals surface area (Å²) >= 11 is 0. The van der Waals surface area contributed by atoms with Gasteiger partial charge in [-0.15, -0.1) is 0 Å². The van der Waals surface area contributed by atoms with Crippen LogP contribution < -0.4 is 11.2 Å². The molecule has 1 aromatic carbocycles. The van der Waals surface area contributed by atoms with Crippen LogP contribution in [0.1, 0.15) is 11.1 Å². The number of hydrogen-bond acceptors (Lipinski definition) is 3. The van der Waals surface area contributed by atoms with E-state index in [2.05, 4.69) is 10.4 Å². The standard InChI is InChI=1S/C9H9N3O/c1-5-2-3-7-6(4-5)8(12-10)9(13)11-7/h2-4H,10H2,1H3,(H,11,12,13). The smallest absolute Gasteiger partial charge is 0.276 e. The maximum absolute atomic E-state index is 11.3. The molecule has 13 heavy (non-hydrogen) atoms. The summed E-state index contributed by atoms with van der Waals surface area (Å²) in [5.74, 6) is 4.88. The van der Waals surface area contributed by atoms with Gasteiger partial charge in [-0.05, 0) is 19.1 Å². The molecule has 4 heteroatoms. The zero-order chi connectivity index (χ0) is 9.42. The van der Waals surface area contributed by atoms with Gasteiger partial charge in [0.05, 0.1) is 5.69 Å². The summed E-state index contributed by atoms with van der Waals surface area (Å²) < 4.78 is 0. The number of carbonyl (C=O) groups is 1. The first-order valence-electron chi connectivity index (χ1n) is 3.92. The second-order valence-electron chi connectivity index (χ2n) is 2.98. The van der Waals surface area contributed by atoms with Crippen molar-refractivity contribution in [3.05, 3.63) is 29.3 Å². The topological polar surface area (TPSA) is 67.5 Å². The van der Waals surface area contributed by atoms with Crippen LogP contribution in [0.25, 0.3) is 0 Å². The molecule has 0 atom stereocenters. The van der Waals surface area contributed by atoms with Crippen molar-refractivity contribution in [3.8, 4) is 0 Å². The zero-order valence-electron chi connectivity index (χ0n) is 7.16. The second kappa shape index (κ2) is 2.58. The molecule has 0 unspecified atom stereocenters. The highest BCUT2D eigenvalue weighted by Crippen LogP contribution is 2.23. The molecule has 1 aliphatic heterocycles. The number of amides is 1. The highest BCUT2D eigenvalue weighted by Gasteiger charge is 2.25. The first-order valence-corrected chi connectivity index (χ1v) is 3.92. The lowest BCUT2D eigenvalue weighted by molar-refractivity contribution is -0.110. The third-order valence-corrected chi connectivity index (χ3v) is 2.02. The summed E-state index contributed by atoms with van der Waals surface area (Å²) in [5, 5.41) is 6.13. The zero-order valence-corrected chi connectivity index (χ0v) is 7.16. The third kappa shape index (κ3) is 1.07. The van der Waals surface area contributed by atoms with Crippen LogP contribution in [0.5, 0.6) is 0 Å². The first kappa shape index (κ1) is 7.79. The van der Waals surface area contributed by atoms with E-state index >= 15 is 0 Å². The highest BCUT2D eigenvalue weighted by molar-refractivity contribution is 6.53. The fraction of sp³-hybridized carbons (Fsp3) is 0.111. The molecule has 1 aliphatic rings. The van der Waals surface area contributed by atoms with Crippen molar-refractivity contribution in [3.63, 3.8) is 0 Å². The number of anilines is 1. The quantitative estimate of drug-likeness (QED) is 0.448. The van der Waals surface area contributed by atoms with Gasteiger partial charge in [0, 0.05) is 5.56 Å². The Balaban J connectivity index is 2.63. The van der Waals surface area contributed by atoms with Crippen molar-refractivity contribution in [2.45, 2.75) is 6.92 Å². The van der Waals surface area contributed by atoms with Gasteiger partial charge in [-0.25, -0.2) is 0 Å². The van der Waals surface area contributed by atoms with Gasteiger partial charge in [0.25, 0.3) is 5.91 Å². The number of rotatable bonds is 0. The number of fused-ring (bicyclic) bond motifs is 1. The van der Waals surface area contributed by atoms with Crippen LogP contribution in [-0.2, 0) is 4.79 Å². The molecular weight excluding hydrogens is 166 g/mol. The Bertz CT molecular complexity index is 409. The normalized spacial score (nSPS) is 17.3. The van der Waals surface area contributed by atoms with E-state index in [0.717, 1.165) is 16.8 Å². The van der Waals surface area contributed by atoms with Crippen LogP contribution in [0.15, 0.2) is 23.3 Å². The molecular formula is C9H9N3O. The largest absolute Gasteiger partial charge is 0.322 e. The number of carbonyl (C=O) groups excluding carboxylic acids is 1. The molecule has 0 saturated carbocycles. The molecule has 0 radical (unpaired) electrons. The Morgan fingerprint density at radius 3 is 2.92 bits per heavy atom. The minimum Gasteiger partial charge on any atom is -0.322 e. The molecule has 0 fully saturated rings. The van der Waals surface area contributed by atoms with Gasteiger partial charge < -0.3 is 11.2 Å². The molecule has 1 aromatic rings. The lowest BCUT2D eigenvalue weighted by Crippen LogP contribution is -2.15. The average Bonchev–Trinajstić information content (AvgIpc) is 2.40. The van der Waals surface area contributed by atoms with Crippen LogP contribution in [-0.4, -0.2) is 11.6 Å². The summed E-state index contributed by atoms with van der Waals surface area (Å²) in [5.41, 5.74) is 2.95. The van der Waals surface area contributed by atoms with Gasteiger partial charge in [-0.3, -0.25) is 4.79 Å². The Hall–Kier alpha value is -1.84. The number of benzene rings is 1. The number of nitrogens with two attached hydrogens (primary N) is 1. The highest BCUT2D eigenvalue weighted by atomic mass is 16.2. The van der Waals surface area contributed by atoms with E-state index in [1.807, 2.05) is 25.1 Å². The van der Waals surface area contributed by atoms with Crippen molar-refractivity contribution in [1.29, 1.82) is 0 Å². The number of hydrazone groups is 1. The molecule has 3 N–H and O–H groups in total. The molecule has 1 heterocycles. The summed E-state index contributed by atoms with van der Waals surface area (Å²) in [7, 11) is 0. The minimum absolute atomic E-state index is 0.233. The monoisotopic (exact) mass is 175 g/mol. The molecule has 1 amide bonds. The van der Waals surface area contributed by atoms with Crippen molar-refractivity contribution >= 4 is 17.3 Å². The number of nitrogens with zero attached hydrogens (tertiary/aromatic N) is 1. The summed E-state index contributed by atoms with van der Waals surface area (Å²) in [4.78, 5) is 11.3. The van der Waals surface area contributed by atoms with Crippen molar-refractivity contribution in [2.75, 3.05) is 5.32 Å². The van der Waals surface area contributed by atoms with Gasteiger partial charge in [-0.1, -0.05) is 11.6 Å². The van der Waals surface area contributed by atoms with Crippen molar-refractivity contribution in [2.24, 2.45) is 10.9 Å². The van der Waals surface area contributed by atoms with E-state index in [0.29, 0.717) is 5.71 Å². The van der Waals surface area contributed by atoms with Gasteiger partial charge in [0.15, 0.2) is 5.71 Å². The molecule has 0 spiro atoms. The SMILES string of the molecule is Cc1ccc2c(c1)/C(=N\N)C(=O)N2. The van der Waals surface area contributed by atoms with Crippen LogP contribution in [0.3, 0.4) is 0 Å². The molecule has 0 aliphatic carbocycles. The van der Waals surface area contributed by atoms with Gasteiger partial charge >= 0.3 is 0 Å². The fourth-order valence-electron chi connectivity index (χ4n) is 1.40. The van der Waals surface area contributed by atoms with Crippen LogP contribution in [0.2, 0.25) is 0 Å². The van der Waals surface area contributed by atoms with E-state index in [9.17, 15) is 4.79 Å². The minimum atomic E-state index is -0.233. The Labute approximate surface area is 75.4 Å². The van der Waals surface area contributed by atoms with Crippen LogP contribution >= 0.6 is 0 Å². The van der Waals surface area contributed by atoms with E-state index in [-0.39, 0.29) is 5.91 Å². The van der Waals surface area contributed by atoms with Gasteiger partial charge in [0.1, 0.15) is 0 Å². The molecule has 0 aromatic heterocycles. The maximum Gasteiger partial charge on any atom is 0.276 e. The number of nitrogens with one attached hydrogen (secondary N) is 1. The maximum atomic E-state index is 11.3. The Kier molecular flexibility index (Phi) is 1.55. The third-order valence-electron chi connectivity index (χ3n) is 2.02. The van der Waals surface area contributed by atoms with Gasteiger partial charge in [0.2, 0.25) is 0 Å². The molecule has 66 valence electrons. The van der Waals surface area contributed by atoms with E-state index < -0.39 is 0 Å². The summed E-state index contributed by atoms with van der Waals surface area (Å²) in [6.07, 6.45) is 0. The van der Waals surface area contributed by atoms with Crippen molar-refractivity contribution in [1.82, 2.24) is 0 Å². The number of aryl methyl sites for hydroxylation is 1. The van der Waals surface area contributed by atoms with E-state index in [1.54, 1.807) is 0 Å². The van der Waals surface area contributed by atoms with Crippen LogP contribution in [0.4, 0.5) is 5.69 Å². The average molecular weight is 175 g/mol. The van der Waals surface area contributed by atoms with Crippen molar-refractivity contribution < 1.29 is 4.79 Å². The molecule has 0 bridgehead atoms. The predicted molar refractivity (Wildman–Crippen MR) is 50.5 cm³/mol. The fourth-order valence-corrected chi connectivity index (χ4v) is 1.40. The Morgan fingerprint density at radius 2 is 2.23 bits per heavy atom. The lowest BCUT2D eigenvalue weighted by atomic mass is 10.1. The second-order valence-corrected chi connectivity index (χ2v) is 2.98. The first-order chi connectivity index (χ1) is 6.22. The lowest BCUT2D eigenvalue weighted by Gasteiger charge is -1.97. The summed E-state index contributed by atoms with van der Waals surface area (Å²) in [6.45, 7) is 1.96. The number of hydrogen-bond donors (Lipinski definition) is 2. The van der Waals surface area contributed by atoms with Gasteiger partial charge in [-0.2, -0.15) is 5.10 Å². The molecule has 2 rings (SSSR count). The molecule has 4 nitrogen and oxygen atoms in total. The Morgan fingerprint density at radius 1 is 1.46 bits per heavy atom. The van der Waals surface area contributed by atoms with E-state index in [1.165, 1.54) is 0 Å².